The van der Waals surface area contributed by atoms with E-state index in [4.69, 9.17) is 13.9 Å². The Labute approximate surface area is 132 Å². The molecule has 0 bridgehead atoms. The molecule has 0 saturated carbocycles. The number of aryl methyl sites for hydroxylation is 1. The molecule has 1 aliphatic rings. The number of fused-ring (bicyclic) bond motifs is 1. The molecule has 0 aliphatic carbocycles. The Morgan fingerprint density at radius 1 is 1.14 bits per heavy atom. The van der Waals surface area contributed by atoms with Crippen LogP contribution >= 0.6 is 15.9 Å². The molecule has 2 heterocycles. The van der Waals surface area contributed by atoms with Crippen LogP contribution in [0, 0.1) is 6.92 Å². The van der Waals surface area contributed by atoms with Gasteiger partial charge in [0.05, 0.1) is 25.5 Å². The smallest absolute Gasteiger partial charge is 0.162 e. The highest BCUT2D eigenvalue weighted by Crippen LogP contribution is 2.39. The second-order valence-electron chi connectivity index (χ2n) is 5.02. The van der Waals surface area contributed by atoms with E-state index in [-0.39, 0.29) is 6.04 Å². The van der Waals surface area contributed by atoms with E-state index in [2.05, 4.69) is 21.2 Å². The molecule has 4 nitrogen and oxygen atoms in total. The molecule has 1 aromatic carbocycles. The van der Waals surface area contributed by atoms with Gasteiger partial charge < -0.3 is 19.2 Å². The first-order valence-corrected chi connectivity index (χ1v) is 7.80. The molecule has 1 N–H and O–H groups in total. The minimum absolute atomic E-state index is 0.0373. The SMILES string of the molecule is CNC(c1cc2c(cc1Br)OCCCO2)c1ccoc1C. The van der Waals surface area contributed by atoms with Gasteiger partial charge in [-0.05, 0) is 37.7 Å². The van der Waals surface area contributed by atoms with Gasteiger partial charge in [-0.1, -0.05) is 15.9 Å². The van der Waals surface area contributed by atoms with E-state index in [0.29, 0.717) is 13.2 Å². The summed E-state index contributed by atoms with van der Waals surface area (Å²) < 4.78 is 17.9. The van der Waals surface area contributed by atoms with Crippen LogP contribution in [0.4, 0.5) is 0 Å². The Balaban J connectivity index is 2.04. The zero-order valence-corrected chi connectivity index (χ0v) is 13.7. The number of rotatable bonds is 3. The van der Waals surface area contributed by atoms with Crippen molar-refractivity contribution in [1.29, 1.82) is 0 Å². The van der Waals surface area contributed by atoms with Gasteiger partial charge in [0.25, 0.3) is 0 Å². The van der Waals surface area contributed by atoms with Crippen LogP contribution < -0.4 is 14.8 Å². The van der Waals surface area contributed by atoms with Crippen molar-refractivity contribution in [1.82, 2.24) is 5.32 Å². The van der Waals surface area contributed by atoms with Crippen LogP contribution in [0.25, 0.3) is 0 Å². The molecule has 21 heavy (non-hydrogen) atoms. The monoisotopic (exact) mass is 351 g/mol. The molecule has 0 fully saturated rings. The van der Waals surface area contributed by atoms with Gasteiger partial charge in [0.15, 0.2) is 11.5 Å². The standard InChI is InChI=1S/C16H18BrNO3/c1-10-11(4-7-19-10)16(18-2)12-8-14-15(9-13(12)17)21-6-3-5-20-14/h4,7-9,16,18H,3,5-6H2,1-2H3. The summed E-state index contributed by atoms with van der Waals surface area (Å²) in [5.74, 6) is 2.50. The van der Waals surface area contributed by atoms with Gasteiger partial charge in [-0.25, -0.2) is 0 Å². The number of ether oxygens (including phenoxy) is 2. The molecule has 1 unspecified atom stereocenters. The Kier molecular flexibility index (Phi) is 4.22. The van der Waals surface area contributed by atoms with Crippen molar-refractivity contribution in [3.05, 3.63) is 45.8 Å². The van der Waals surface area contributed by atoms with E-state index in [0.717, 1.165) is 39.3 Å². The predicted molar refractivity (Wildman–Crippen MR) is 84.1 cm³/mol. The Morgan fingerprint density at radius 2 is 1.86 bits per heavy atom. The molecule has 0 spiro atoms. The van der Waals surface area contributed by atoms with Crippen molar-refractivity contribution < 1.29 is 13.9 Å². The molecule has 1 aliphatic heterocycles. The molecule has 0 saturated heterocycles. The lowest BCUT2D eigenvalue weighted by atomic mass is 9.99. The zero-order chi connectivity index (χ0) is 14.8. The van der Waals surface area contributed by atoms with Crippen LogP contribution in [-0.2, 0) is 0 Å². The number of furan rings is 1. The minimum atomic E-state index is 0.0373. The van der Waals surface area contributed by atoms with E-state index in [1.807, 2.05) is 32.2 Å². The van der Waals surface area contributed by atoms with Gasteiger partial charge >= 0.3 is 0 Å². The highest BCUT2D eigenvalue weighted by atomic mass is 79.9. The second-order valence-corrected chi connectivity index (χ2v) is 5.88. The summed E-state index contributed by atoms with van der Waals surface area (Å²) in [5, 5.41) is 3.34. The van der Waals surface area contributed by atoms with Crippen LogP contribution in [0.15, 0.2) is 33.4 Å². The molecule has 1 atom stereocenters. The lowest BCUT2D eigenvalue weighted by molar-refractivity contribution is 0.297. The number of hydrogen-bond donors (Lipinski definition) is 1. The van der Waals surface area contributed by atoms with E-state index in [1.54, 1.807) is 6.26 Å². The zero-order valence-electron chi connectivity index (χ0n) is 12.1. The van der Waals surface area contributed by atoms with Crippen molar-refractivity contribution in [3.8, 4) is 11.5 Å². The summed E-state index contributed by atoms with van der Waals surface area (Å²) in [6.45, 7) is 3.34. The molecule has 5 heteroatoms. The molecule has 0 radical (unpaired) electrons. The number of hydrogen-bond acceptors (Lipinski definition) is 4. The van der Waals surface area contributed by atoms with E-state index in [1.165, 1.54) is 0 Å². The fraction of sp³-hybridized carbons (Fsp3) is 0.375. The summed E-state index contributed by atoms with van der Waals surface area (Å²) >= 11 is 3.65. The molecular formula is C16H18BrNO3. The average molecular weight is 352 g/mol. The maximum atomic E-state index is 5.79. The highest BCUT2D eigenvalue weighted by Gasteiger charge is 2.22. The number of benzene rings is 1. The topological polar surface area (TPSA) is 43.6 Å². The van der Waals surface area contributed by atoms with E-state index < -0.39 is 0 Å². The van der Waals surface area contributed by atoms with Crippen molar-refractivity contribution in [2.45, 2.75) is 19.4 Å². The summed E-state index contributed by atoms with van der Waals surface area (Å²) in [6, 6.07) is 6.05. The van der Waals surface area contributed by atoms with Crippen LogP contribution in [0.2, 0.25) is 0 Å². The van der Waals surface area contributed by atoms with Crippen LogP contribution in [0.3, 0.4) is 0 Å². The Morgan fingerprint density at radius 3 is 2.48 bits per heavy atom. The van der Waals surface area contributed by atoms with Gasteiger partial charge in [-0.15, -0.1) is 0 Å². The quantitative estimate of drug-likeness (QED) is 0.912. The Hall–Kier alpha value is -1.46. The maximum absolute atomic E-state index is 5.79. The van der Waals surface area contributed by atoms with Crippen LogP contribution in [0.1, 0.15) is 29.3 Å². The minimum Gasteiger partial charge on any atom is -0.490 e. The van der Waals surface area contributed by atoms with Crippen LogP contribution in [-0.4, -0.2) is 20.3 Å². The highest BCUT2D eigenvalue weighted by molar-refractivity contribution is 9.10. The lowest BCUT2D eigenvalue weighted by Gasteiger charge is -2.20. The first kappa shape index (κ1) is 14.5. The number of halogens is 1. The summed E-state index contributed by atoms with van der Waals surface area (Å²) in [4.78, 5) is 0. The molecule has 112 valence electrons. The number of nitrogens with one attached hydrogen (secondary N) is 1. The van der Waals surface area contributed by atoms with Crippen molar-refractivity contribution in [2.75, 3.05) is 20.3 Å². The third-order valence-corrected chi connectivity index (χ3v) is 4.36. The summed E-state index contributed by atoms with van der Waals surface area (Å²) in [5.41, 5.74) is 2.22. The normalized spacial score (nSPS) is 15.6. The largest absolute Gasteiger partial charge is 0.490 e. The van der Waals surface area contributed by atoms with E-state index >= 15 is 0 Å². The third kappa shape index (κ3) is 2.80. The molecule has 2 aromatic rings. The lowest BCUT2D eigenvalue weighted by Crippen LogP contribution is -2.18. The average Bonchev–Trinajstić information content (AvgIpc) is 2.76. The fourth-order valence-corrected chi connectivity index (χ4v) is 3.14. The first-order valence-electron chi connectivity index (χ1n) is 7.01. The summed E-state index contributed by atoms with van der Waals surface area (Å²) in [7, 11) is 1.94. The molecule has 3 rings (SSSR count). The molecular weight excluding hydrogens is 334 g/mol. The third-order valence-electron chi connectivity index (χ3n) is 3.68. The Bertz CT molecular complexity index is 638. The van der Waals surface area contributed by atoms with Crippen molar-refractivity contribution >= 4 is 15.9 Å². The predicted octanol–water partition coefficient (Wildman–Crippen LogP) is 3.82. The van der Waals surface area contributed by atoms with Gasteiger partial charge in [0.1, 0.15) is 5.76 Å². The maximum Gasteiger partial charge on any atom is 0.162 e. The fourth-order valence-electron chi connectivity index (χ4n) is 2.59. The summed E-state index contributed by atoms with van der Waals surface area (Å²) in [6.07, 6.45) is 2.61. The van der Waals surface area contributed by atoms with Crippen LogP contribution in [0.5, 0.6) is 11.5 Å². The van der Waals surface area contributed by atoms with Gasteiger partial charge in [-0.2, -0.15) is 0 Å². The van der Waals surface area contributed by atoms with Crippen molar-refractivity contribution in [3.63, 3.8) is 0 Å². The van der Waals surface area contributed by atoms with Gasteiger partial charge in [-0.3, -0.25) is 0 Å². The molecule has 1 aromatic heterocycles. The molecule has 0 amide bonds. The first-order chi connectivity index (χ1) is 10.2. The van der Waals surface area contributed by atoms with Crippen molar-refractivity contribution in [2.24, 2.45) is 0 Å². The van der Waals surface area contributed by atoms with Gasteiger partial charge in [0.2, 0.25) is 0 Å². The van der Waals surface area contributed by atoms with E-state index in [9.17, 15) is 0 Å². The van der Waals surface area contributed by atoms with Gasteiger partial charge in [0, 0.05) is 16.5 Å². The second kappa shape index (κ2) is 6.12.